The molecule has 0 radical (unpaired) electrons. The molecule has 27 heavy (non-hydrogen) atoms. The van der Waals surface area contributed by atoms with Gasteiger partial charge in [-0.2, -0.15) is 4.31 Å². The third kappa shape index (κ3) is 8.06. The normalized spacial score (nSPS) is 12.6. The number of carbonyl (C=O) groups excluding carboxylic acids is 2. The summed E-state index contributed by atoms with van der Waals surface area (Å²) in [6, 6.07) is 8.51. The zero-order valence-electron chi connectivity index (χ0n) is 16.3. The fraction of sp³-hybridized carbons (Fsp3) is 0.556. The average molecular weight is 400 g/mol. The first-order chi connectivity index (χ1) is 12.7. The van der Waals surface area contributed by atoms with Crippen LogP contribution in [0.25, 0.3) is 0 Å². The lowest BCUT2D eigenvalue weighted by molar-refractivity contribution is -0.140. The van der Waals surface area contributed by atoms with E-state index in [0.717, 1.165) is 16.1 Å². The number of benzene rings is 1. The molecule has 0 aliphatic carbocycles. The fourth-order valence-corrected chi connectivity index (χ4v) is 2.68. The molecule has 2 amide bonds. The number of hydrogen-bond acceptors (Lipinski definition) is 5. The van der Waals surface area contributed by atoms with E-state index in [1.807, 2.05) is 30.3 Å². The lowest BCUT2D eigenvalue weighted by Crippen LogP contribution is -2.50. The molecule has 9 heteroatoms. The van der Waals surface area contributed by atoms with Gasteiger partial charge in [0, 0.05) is 33.9 Å². The van der Waals surface area contributed by atoms with Crippen LogP contribution in [0.5, 0.6) is 0 Å². The molecule has 0 fully saturated rings. The summed E-state index contributed by atoms with van der Waals surface area (Å²) in [6.45, 7) is 2.48. The van der Waals surface area contributed by atoms with E-state index in [9.17, 15) is 18.0 Å². The number of methoxy groups -OCH3 is 1. The molecular formula is C18H29N3O5S. The molecule has 0 bridgehead atoms. The Hall–Kier alpha value is -1.97. The Balaban J connectivity index is 2.89. The van der Waals surface area contributed by atoms with Crippen LogP contribution in [0.15, 0.2) is 30.3 Å². The Morgan fingerprint density at radius 2 is 1.85 bits per heavy atom. The van der Waals surface area contributed by atoms with Gasteiger partial charge in [-0.05, 0) is 18.9 Å². The number of sulfonamides is 1. The van der Waals surface area contributed by atoms with E-state index < -0.39 is 22.0 Å². The first-order valence-corrected chi connectivity index (χ1v) is 10.5. The molecule has 0 saturated carbocycles. The summed E-state index contributed by atoms with van der Waals surface area (Å²) < 4.78 is 29.2. The summed E-state index contributed by atoms with van der Waals surface area (Å²) in [5.74, 6) is -0.733. The second kappa shape index (κ2) is 11.0. The highest BCUT2D eigenvalue weighted by atomic mass is 32.2. The highest BCUT2D eigenvalue weighted by Crippen LogP contribution is 2.10. The van der Waals surface area contributed by atoms with Crippen LogP contribution in [0.3, 0.4) is 0 Å². The summed E-state index contributed by atoms with van der Waals surface area (Å²) in [5, 5.41) is 2.78. The number of rotatable bonds is 11. The monoisotopic (exact) mass is 399 g/mol. The largest absolute Gasteiger partial charge is 0.385 e. The van der Waals surface area contributed by atoms with Gasteiger partial charge >= 0.3 is 0 Å². The number of amides is 2. The minimum Gasteiger partial charge on any atom is -0.385 e. The molecule has 8 nitrogen and oxygen atoms in total. The number of likely N-dealkylation sites (N-methyl/N-ethyl adjacent to an activating group) is 1. The first kappa shape index (κ1) is 23.1. The van der Waals surface area contributed by atoms with Crippen LogP contribution in [0, 0.1) is 0 Å². The van der Waals surface area contributed by atoms with E-state index in [4.69, 9.17) is 4.74 Å². The topological polar surface area (TPSA) is 96.0 Å². The molecule has 1 aromatic carbocycles. The molecule has 0 spiro atoms. The Labute approximate surface area is 161 Å². The highest BCUT2D eigenvalue weighted by Gasteiger charge is 2.28. The van der Waals surface area contributed by atoms with Gasteiger partial charge in [-0.1, -0.05) is 30.3 Å². The van der Waals surface area contributed by atoms with Crippen molar-refractivity contribution in [3.8, 4) is 0 Å². The second-order valence-electron chi connectivity index (χ2n) is 6.34. The quantitative estimate of drug-likeness (QED) is 0.545. The van der Waals surface area contributed by atoms with E-state index in [2.05, 4.69) is 5.32 Å². The molecule has 1 N–H and O–H groups in total. The molecule has 0 aliphatic rings. The molecule has 0 heterocycles. The van der Waals surface area contributed by atoms with Gasteiger partial charge in [-0.15, -0.1) is 0 Å². The Morgan fingerprint density at radius 3 is 2.41 bits per heavy atom. The van der Waals surface area contributed by atoms with E-state index in [0.29, 0.717) is 19.6 Å². The van der Waals surface area contributed by atoms with E-state index in [-0.39, 0.29) is 19.0 Å². The van der Waals surface area contributed by atoms with Crippen LogP contribution in [0.2, 0.25) is 0 Å². The standard InChI is InChI=1S/C18H29N3O5S/c1-15(18(23)19-11-8-12-26-3)21(13-16-9-6-5-7-10-16)17(22)14-20(2)27(4,24)25/h5-7,9-10,15H,8,11-14H2,1-4H3,(H,19,23)/t15-/m0/s1. The van der Waals surface area contributed by atoms with Gasteiger partial charge in [0.2, 0.25) is 21.8 Å². The summed E-state index contributed by atoms with van der Waals surface area (Å²) in [5.41, 5.74) is 0.854. The van der Waals surface area contributed by atoms with Gasteiger partial charge in [0.05, 0.1) is 12.8 Å². The number of hydrogen-bond donors (Lipinski definition) is 1. The maximum absolute atomic E-state index is 12.7. The molecule has 0 unspecified atom stereocenters. The lowest BCUT2D eigenvalue weighted by Gasteiger charge is -2.30. The van der Waals surface area contributed by atoms with Crippen LogP contribution in [-0.4, -0.2) is 75.6 Å². The van der Waals surface area contributed by atoms with Gasteiger partial charge in [0.1, 0.15) is 6.04 Å². The number of nitrogens with one attached hydrogen (secondary N) is 1. The van der Waals surface area contributed by atoms with Gasteiger partial charge in [-0.25, -0.2) is 8.42 Å². The minimum atomic E-state index is -3.50. The van der Waals surface area contributed by atoms with Crippen molar-refractivity contribution in [1.82, 2.24) is 14.5 Å². The summed E-state index contributed by atoms with van der Waals surface area (Å²) in [4.78, 5) is 26.6. The molecule has 0 aromatic heterocycles. The van der Waals surface area contributed by atoms with Crippen LogP contribution in [-0.2, 0) is 30.9 Å². The summed E-state index contributed by atoms with van der Waals surface area (Å²) in [7, 11) is -0.576. The summed E-state index contributed by atoms with van der Waals surface area (Å²) >= 11 is 0. The molecule has 0 aliphatic heterocycles. The van der Waals surface area contributed by atoms with E-state index in [1.165, 1.54) is 11.9 Å². The van der Waals surface area contributed by atoms with Crippen molar-refractivity contribution in [2.75, 3.05) is 40.1 Å². The van der Waals surface area contributed by atoms with Crippen LogP contribution >= 0.6 is 0 Å². The Bertz CT molecular complexity index is 709. The average Bonchev–Trinajstić information content (AvgIpc) is 2.62. The zero-order chi connectivity index (χ0) is 20.4. The minimum absolute atomic E-state index is 0.212. The number of ether oxygens (including phenoxy) is 1. The van der Waals surface area contributed by atoms with Gasteiger partial charge < -0.3 is 15.0 Å². The smallest absolute Gasteiger partial charge is 0.242 e. The fourth-order valence-electron chi connectivity index (χ4n) is 2.34. The van der Waals surface area contributed by atoms with Crippen molar-refractivity contribution in [2.45, 2.75) is 25.9 Å². The Morgan fingerprint density at radius 1 is 1.22 bits per heavy atom. The SMILES string of the molecule is COCCCNC(=O)[C@H](C)N(Cc1ccccc1)C(=O)CN(C)S(C)(=O)=O. The van der Waals surface area contributed by atoms with Crippen molar-refractivity contribution in [1.29, 1.82) is 0 Å². The van der Waals surface area contributed by atoms with Crippen LogP contribution in [0.1, 0.15) is 18.9 Å². The summed E-state index contributed by atoms with van der Waals surface area (Å²) in [6.07, 6.45) is 1.70. The third-order valence-corrected chi connectivity index (χ3v) is 5.37. The zero-order valence-corrected chi connectivity index (χ0v) is 17.2. The van der Waals surface area contributed by atoms with Gasteiger partial charge in [0.25, 0.3) is 0 Å². The Kier molecular flexibility index (Phi) is 9.40. The molecule has 0 saturated heterocycles. The second-order valence-corrected chi connectivity index (χ2v) is 8.43. The first-order valence-electron chi connectivity index (χ1n) is 8.68. The lowest BCUT2D eigenvalue weighted by atomic mass is 10.1. The highest BCUT2D eigenvalue weighted by molar-refractivity contribution is 7.88. The number of carbonyl (C=O) groups is 2. The van der Waals surface area contributed by atoms with Crippen molar-refractivity contribution in [3.63, 3.8) is 0 Å². The molecule has 152 valence electrons. The molecule has 1 rings (SSSR count). The molecule has 1 atom stereocenters. The predicted molar refractivity (Wildman–Crippen MR) is 103 cm³/mol. The van der Waals surface area contributed by atoms with E-state index in [1.54, 1.807) is 14.0 Å². The number of nitrogens with zero attached hydrogens (tertiary/aromatic N) is 2. The molecule has 1 aromatic rings. The van der Waals surface area contributed by atoms with Gasteiger partial charge in [-0.3, -0.25) is 9.59 Å². The van der Waals surface area contributed by atoms with Crippen LogP contribution in [0.4, 0.5) is 0 Å². The maximum Gasteiger partial charge on any atom is 0.242 e. The predicted octanol–water partition coefficient (Wildman–Crippen LogP) is 0.448. The molecular weight excluding hydrogens is 370 g/mol. The van der Waals surface area contributed by atoms with Crippen LogP contribution < -0.4 is 5.32 Å². The van der Waals surface area contributed by atoms with Crippen molar-refractivity contribution < 1.29 is 22.7 Å². The van der Waals surface area contributed by atoms with Crippen molar-refractivity contribution in [3.05, 3.63) is 35.9 Å². The maximum atomic E-state index is 12.7. The van der Waals surface area contributed by atoms with E-state index >= 15 is 0 Å². The van der Waals surface area contributed by atoms with Crippen molar-refractivity contribution in [2.24, 2.45) is 0 Å². The van der Waals surface area contributed by atoms with Crippen molar-refractivity contribution >= 4 is 21.8 Å². The third-order valence-electron chi connectivity index (χ3n) is 4.11. The van der Waals surface area contributed by atoms with Gasteiger partial charge in [0.15, 0.2) is 0 Å².